The van der Waals surface area contributed by atoms with Crippen LogP contribution in [0, 0.1) is 5.92 Å². The Bertz CT molecular complexity index is 306. The lowest BCUT2D eigenvalue weighted by Crippen LogP contribution is -2.12. The Kier molecular flexibility index (Phi) is 4.89. The van der Waals surface area contributed by atoms with E-state index in [2.05, 4.69) is 26.0 Å². The summed E-state index contributed by atoms with van der Waals surface area (Å²) >= 11 is 1.44. The molecule has 0 heterocycles. The summed E-state index contributed by atoms with van der Waals surface area (Å²) in [6.07, 6.45) is 0.847. The maximum atomic E-state index is 11.7. The third kappa shape index (κ3) is 4.52. The van der Waals surface area contributed by atoms with E-state index in [-0.39, 0.29) is 5.92 Å². The minimum atomic E-state index is 0.111. The van der Waals surface area contributed by atoms with Crippen LogP contribution in [0.15, 0.2) is 30.3 Å². The molecule has 0 saturated carbocycles. The fraction of sp³-hybridized carbons (Fsp3) is 0.462. The van der Waals surface area contributed by atoms with E-state index in [4.69, 9.17) is 0 Å². The molecule has 0 aliphatic rings. The zero-order valence-corrected chi connectivity index (χ0v) is 10.4. The fourth-order valence-corrected chi connectivity index (χ4v) is 2.18. The fourth-order valence-electron chi connectivity index (χ4n) is 1.40. The number of hydrogen-bond donors (Lipinski definition) is 0. The van der Waals surface area contributed by atoms with Crippen molar-refractivity contribution in [2.45, 2.75) is 32.4 Å². The summed E-state index contributed by atoms with van der Waals surface area (Å²) in [5.74, 6) is 0.111. The van der Waals surface area contributed by atoms with E-state index in [9.17, 15) is 4.79 Å². The van der Waals surface area contributed by atoms with E-state index < -0.39 is 0 Å². The van der Waals surface area contributed by atoms with Crippen LogP contribution >= 0.6 is 11.8 Å². The Balaban J connectivity index is 2.49. The van der Waals surface area contributed by atoms with Crippen LogP contribution in [-0.4, -0.2) is 10.4 Å². The molecule has 0 saturated heterocycles. The van der Waals surface area contributed by atoms with Crippen LogP contribution in [0.25, 0.3) is 0 Å². The van der Waals surface area contributed by atoms with E-state index in [1.165, 1.54) is 17.3 Å². The molecule has 0 spiro atoms. The number of hydrogen-bond acceptors (Lipinski definition) is 2. The van der Waals surface area contributed by atoms with Gasteiger partial charge in [0.25, 0.3) is 0 Å². The van der Waals surface area contributed by atoms with E-state index in [1.54, 1.807) is 0 Å². The molecule has 2 heteroatoms. The Labute approximate surface area is 96.3 Å². The molecule has 1 atom stereocenters. The average Bonchev–Trinajstić information content (AvgIpc) is 2.18. The highest BCUT2D eigenvalue weighted by atomic mass is 32.2. The lowest BCUT2D eigenvalue weighted by molar-refractivity contribution is -0.113. The van der Waals surface area contributed by atoms with Crippen molar-refractivity contribution in [3.05, 3.63) is 35.9 Å². The van der Waals surface area contributed by atoms with Crippen LogP contribution in [0.4, 0.5) is 0 Å². The first-order valence-corrected chi connectivity index (χ1v) is 6.22. The molecule has 1 rings (SSSR count). The predicted octanol–water partition coefficient (Wildman–Crippen LogP) is 3.53. The first kappa shape index (κ1) is 12.3. The third-order valence-electron chi connectivity index (χ3n) is 2.14. The summed E-state index contributed by atoms with van der Waals surface area (Å²) in [6.45, 7) is 6.11. The summed E-state index contributed by atoms with van der Waals surface area (Å²) in [6, 6.07) is 10.2. The van der Waals surface area contributed by atoms with Gasteiger partial charge in [0.05, 0.1) is 0 Å². The molecule has 0 aromatic heterocycles. The molecule has 0 aliphatic carbocycles. The van der Waals surface area contributed by atoms with Gasteiger partial charge < -0.3 is 0 Å². The Morgan fingerprint density at radius 1 is 1.20 bits per heavy atom. The molecule has 0 bridgehead atoms. The van der Waals surface area contributed by atoms with Crippen LogP contribution in [0.1, 0.15) is 26.3 Å². The quantitative estimate of drug-likeness (QED) is 0.775. The molecule has 1 unspecified atom stereocenters. The smallest absolute Gasteiger partial charge is 0.192 e. The Morgan fingerprint density at radius 3 is 2.33 bits per heavy atom. The van der Waals surface area contributed by atoms with Crippen molar-refractivity contribution in [1.29, 1.82) is 0 Å². The van der Waals surface area contributed by atoms with Crippen LogP contribution in [0.5, 0.6) is 0 Å². The maximum absolute atomic E-state index is 11.7. The maximum Gasteiger partial charge on any atom is 0.192 e. The van der Waals surface area contributed by atoms with Gasteiger partial charge in [0.2, 0.25) is 0 Å². The molecule has 1 aromatic carbocycles. The van der Waals surface area contributed by atoms with E-state index in [0.717, 1.165) is 6.42 Å². The Morgan fingerprint density at radius 2 is 1.80 bits per heavy atom. The first-order valence-electron chi connectivity index (χ1n) is 5.34. The van der Waals surface area contributed by atoms with Crippen molar-refractivity contribution in [1.82, 2.24) is 0 Å². The van der Waals surface area contributed by atoms with E-state index in [1.807, 2.05) is 25.1 Å². The summed E-state index contributed by atoms with van der Waals surface area (Å²) < 4.78 is 0. The predicted molar refractivity (Wildman–Crippen MR) is 67.0 cm³/mol. The van der Waals surface area contributed by atoms with Crippen molar-refractivity contribution < 1.29 is 4.79 Å². The van der Waals surface area contributed by atoms with Gasteiger partial charge in [0, 0.05) is 11.2 Å². The molecule has 0 fully saturated rings. The van der Waals surface area contributed by atoms with Crippen LogP contribution in [0.3, 0.4) is 0 Å². The van der Waals surface area contributed by atoms with Gasteiger partial charge in [-0.1, -0.05) is 62.9 Å². The highest BCUT2D eigenvalue weighted by Gasteiger charge is 2.15. The van der Waals surface area contributed by atoms with Crippen molar-refractivity contribution in [3.63, 3.8) is 0 Å². The standard InChI is InChI=1S/C13H18OS/c1-10(2)15-13(14)11(3)9-12-7-5-4-6-8-12/h4-8,10-11H,9H2,1-3H3. The summed E-state index contributed by atoms with van der Waals surface area (Å²) in [5, 5.41) is 0.685. The summed E-state index contributed by atoms with van der Waals surface area (Å²) in [7, 11) is 0. The van der Waals surface area contributed by atoms with Gasteiger partial charge in [-0.05, 0) is 12.0 Å². The number of carbonyl (C=O) groups excluding carboxylic acids is 1. The van der Waals surface area contributed by atoms with Crippen molar-refractivity contribution >= 4 is 16.9 Å². The van der Waals surface area contributed by atoms with Crippen molar-refractivity contribution in [2.75, 3.05) is 0 Å². The highest BCUT2D eigenvalue weighted by molar-refractivity contribution is 8.14. The zero-order valence-electron chi connectivity index (χ0n) is 9.57. The second kappa shape index (κ2) is 5.96. The van der Waals surface area contributed by atoms with Crippen LogP contribution < -0.4 is 0 Å². The minimum Gasteiger partial charge on any atom is -0.287 e. The van der Waals surface area contributed by atoms with Gasteiger partial charge in [0.1, 0.15) is 0 Å². The number of rotatable bonds is 4. The van der Waals surface area contributed by atoms with Crippen molar-refractivity contribution in [3.8, 4) is 0 Å². The normalized spacial score (nSPS) is 12.8. The van der Waals surface area contributed by atoms with Gasteiger partial charge in [-0.25, -0.2) is 0 Å². The minimum absolute atomic E-state index is 0.111. The zero-order chi connectivity index (χ0) is 11.3. The second-order valence-corrected chi connectivity index (χ2v) is 5.66. The van der Waals surface area contributed by atoms with Gasteiger partial charge in [-0.3, -0.25) is 4.79 Å². The van der Waals surface area contributed by atoms with Gasteiger partial charge in [0.15, 0.2) is 5.12 Å². The molecule has 0 amide bonds. The SMILES string of the molecule is CC(C)SC(=O)C(C)Cc1ccccc1. The lowest BCUT2D eigenvalue weighted by atomic mass is 10.0. The van der Waals surface area contributed by atoms with Crippen LogP contribution in [0.2, 0.25) is 0 Å². The van der Waals surface area contributed by atoms with Gasteiger partial charge in [-0.2, -0.15) is 0 Å². The molecule has 15 heavy (non-hydrogen) atoms. The lowest BCUT2D eigenvalue weighted by Gasteiger charge is -2.11. The molecule has 1 aromatic rings. The molecule has 0 radical (unpaired) electrons. The Hall–Kier alpha value is -0.760. The molecule has 0 N–H and O–H groups in total. The molecule has 0 aliphatic heterocycles. The van der Waals surface area contributed by atoms with Crippen LogP contribution in [-0.2, 0) is 11.2 Å². The summed E-state index contributed by atoms with van der Waals surface area (Å²) in [5.41, 5.74) is 1.24. The van der Waals surface area contributed by atoms with Crippen molar-refractivity contribution in [2.24, 2.45) is 5.92 Å². The number of thioether (sulfide) groups is 1. The molecular weight excluding hydrogens is 204 g/mol. The number of benzene rings is 1. The first-order chi connectivity index (χ1) is 7.09. The van der Waals surface area contributed by atoms with Gasteiger partial charge >= 0.3 is 0 Å². The topological polar surface area (TPSA) is 17.1 Å². The van der Waals surface area contributed by atoms with E-state index >= 15 is 0 Å². The number of carbonyl (C=O) groups is 1. The molecular formula is C13H18OS. The summed E-state index contributed by atoms with van der Waals surface area (Å²) in [4.78, 5) is 11.7. The highest BCUT2D eigenvalue weighted by Crippen LogP contribution is 2.19. The molecule has 82 valence electrons. The average molecular weight is 222 g/mol. The van der Waals surface area contributed by atoms with Gasteiger partial charge in [-0.15, -0.1) is 0 Å². The molecule has 1 nitrogen and oxygen atoms in total. The largest absolute Gasteiger partial charge is 0.287 e. The third-order valence-corrected chi connectivity index (χ3v) is 3.25. The van der Waals surface area contributed by atoms with E-state index in [0.29, 0.717) is 10.4 Å². The monoisotopic (exact) mass is 222 g/mol. The second-order valence-electron chi connectivity index (χ2n) is 4.08.